The van der Waals surface area contributed by atoms with Gasteiger partial charge in [-0.15, -0.1) is 0 Å². The minimum Gasteiger partial charge on any atom is -0.508 e. The van der Waals surface area contributed by atoms with E-state index in [0.717, 1.165) is 27.2 Å². The first kappa shape index (κ1) is 12.2. The normalized spacial score (nSPS) is 10.8. The van der Waals surface area contributed by atoms with Crippen LogP contribution in [0.1, 0.15) is 11.1 Å². The average Bonchev–Trinajstić information content (AvgIpc) is 2.44. The molecular weight excluding hydrogens is 300 g/mol. The molecule has 0 saturated carbocycles. The first-order valence-corrected chi connectivity index (χ1v) is 6.97. The molecule has 0 heterocycles. The number of aromatic hydroxyl groups is 1. The summed E-state index contributed by atoms with van der Waals surface area (Å²) in [4.78, 5) is 0. The molecule has 0 aliphatic carbocycles. The van der Waals surface area contributed by atoms with Crippen LogP contribution in [0.25, 0.3) is 10.8 Å². The standard InChI is InChI=1S/C17H13BrO/c18-14-8-5-12(6-9-14)11-16-15-4-2-1-3-13(15)7-10-17(16)19/h1-10,19H,11H2. The number of rotatable bonds is 2. The van der Waals surface area contributed by atoms with Gasteiger partial charge >= 0.3 is 0 Å². The van der Waals surface area contributed by atoms with E-state index < -0.39 is 0 Å². The Morgan fingerprint density at radius 3 is 2.37 bits per heavy atom. The van der Waals surface area contributed by atoms with Gasteiger partial charge in [0.1, 0.15) is 5.75 Å². The summed E-state index contributed by atoms with van der Waals surface area (Å²) in [5, 5.41) is 12.4. The van der Waals surface area contributed by atoms with Gasteiger partial charge in [-0.3, -0.25) is 0 Å². The predicted octanol–water partition coefficient (Wildman–Crippen LogP) is 4.90. The van der Waals surface area contributed by atoms with E-state index in [4.69, 9.17) is 0 Å². The van der Waals surface area contributed by atoms with Crippen molar-refractivity contribution in [1.29, 1.82) is 0 Å². The van der Waals surface area contributed by atoms with Crippen LogP contribution < -0.4 is 0 Å². The summed E-state index contributed by atoms with van der Waals surface area (Å²) >= 11 is 3.44. The van der Waals surface area contributed by atoms with E-state index in [-0.39, 0.29) is 0 Å². The second-order valence-corrected chi connectivity index (χ2v) is 5.50. The molecule has 0 unspecified atom stereocenters. The lowest BCUT2D eigenvalue weighted by molar-refractivity contribution is 0.470. The lowest BCUT2D eigenvalue weighted by Gasteiger charge is -2.09. The fourth-order valence-corrected chi connectivity index (χ4v) is 2.58. The Kier molecular flexibility index (Phi) is 3.26. The van der Waals surface area contributed by atoms with Gasteiger partial charge < -0.3 is 5.11 Å². The number of benzene rings is 3. The third-order valence-corrected chi connectivity index (χ3v) is 3.84. The first-order valence-electron chi connectivity index (χ1n) is 6.18. The Hall–Kier alpha value is -1.80. The molecule has 0 spiro atoms. The topological polar surface area (TPSA) is 20.2 Å². The number of fused-ring (bicyclic) bond motifs is 1. The van der Waals surface area contributed by atoms with E-state index in [1.165, 1.54) is 5.56 Å². The molecule has 0 aliphatic rings. The molecule has 0 atom stereocenters. The predicted molar refractivity (Wildman–Crippen MR) is 82.6 cm³/mol. The Balaban J connectivity index is 2.09. The monoisotopic (exact) mass is 312 g/mol. The summed E-state index contributed by atoms with van der Waals surface area (Å²) < 4.78 is 1.07. The molecule has 3 aromatic rings. The van der Waals surface area contributed by atoms with Crippen molar-refractivity contribution in [1.82, 2.24) is 0 Å². The second kappa shape index (κ2) is 5.06. The van der Waals surface area contributed by atoms with Gasteiger partial charge in [-0.25, -0.2) is 0 Å². The Bertz CT molecular complexity index is 717. The molecule has 2 heteroatoms. The Morgan fingerprint density at radius 1 is 0.842 bits per heavy atom. The second-order valence-electron chi connectivity index (χ2n) is 4.59. The van der Waals surface area contributed by atoms with Crippen molar-refractivity contribution in [2.24, 2.45) is 0 Å². The third-order valence-electron chi connectivity index (χ3n) is 3.31. The minimum atomic E-state index is 0.363. The maximum atomic E-state index is 10.1. The summed E-state index contributed by atoms with van der Waals surface area (Å²) in [6, 6.07) is 20.1. The first-order chi connectivity index (χ1) is 9.24. The van der Waals surface area contributed by atoms with Crippen LogP contribution in [0.2, 0.25) is 0 Å². The highest BCUT2D eigenvalue weighted by molar-refractivity contribution is 9.10. The molecular formula is C17H13BrO. The molecule has 19 heavy (non-hydrogen) atoms. The van der Waals surface area contributed by atoms with Gasteiger partial charge in [-0.1, -0.05) is 58.4 Å². The summed E-state index contributed by atoms with van der Waals surface area (Å²) in [5.41, 5.74) is 2.18. The number of hydrogen-bond donors (Lipinski definition) is 1. The van der Waals surface area contributed by atoms with Gasteiger partial charge in [0.25, 0.3) is 0 Å². The summed E-state index contributed by atoms with van der Waals surface area (Å²) in [5.74, 6) is 0.363. The zero-order valence-corrected chi connectivity index (χ0v) is 11.9. The van der Waals surface area contributed by atoms with E-state index in [1.54, 1.807) is 6.07 Å². The van der Waals surface area contributed by atoms with Gasteiger partial charge in [-0.2, -0.15) is 0 Å². The van der Waals surface area contributed by atoms with Crippen LogP contribution in [0.5, 0.6) is 5.75 Å². The van der Waals surface area contributed by atoms with Gasteiger partial charge in [0.05, 0.1) is 0 Å². The molecule has 0 saturated heterocycles. The third kappa shape index (κ3) is 2.49. The zero-order valence-electron chi connectivity index (χ0n) is 10.3. The zero-order chi connectivity index (χ0) is 13.2. The molecule has 0 radical (unpaired) electrons. The number of hydrogen-bond acceptors (Lipinski definition) is 1. The van der Waals surface area contributed by atoms with Crippen LogP contribution in [-0.4, -0.2) is 5.11 Å². The molecule has 0 fully saturated rings. The lowest BCUT2D eigenvalue weighted by atomic mass is 9.97. The van der Waals surface area contributed by atoms with Crippen LogP contribution in [0, 0.1) is 0 Å². The van der Waals surface area contributed by atoms with Crippen molar-refractivity contribution in [3.8, 4) is 5.75 Å². The smallest absolute Gasteiger partial charge is 0.119 e. The van der Waals surface area contributed by atoms with E-state index in [9.17, 15) is 5.11 Å². The number of halogens is 1. The molecule has 94 valence electrons. The molecule has 0 bridgehead atoms. The van der Waals surface area contributed by atoms with E-state index in [1.807, 2.05) is 30.3 Å². The largest absolute Gasteiger partial charge is 0.508 e. The van der Waals surface area contributed by atoms with Gasteiger partial charge in [0, 0.05) is 16.5 Å². The highest BCUT2D eigenvalue weighted by atomic mass is 79.9. The molecule has 0 aliphatic heterocycles. The van der Waals surface area contributed by atoms with Crippen LogP contribution in [0.15, 0.2) is 65.1 Å². The highest BCUT2D eigenvalue weighted by Crippen LogP contribution is 2.29. The van der Waals surface area contributed by atoms with E-state index >= 15 is 0 Å². The Morgan fingerprint density at radius 2 is 1.58 bits per heavy atom. The van der Waals surface area contributed by atoms with Crippen LogP contribution >= 0.6 is 15.9 Å². The molecule has 3 rings (SSSR count). The van der Waals surface area contributed by atoms with Crippen LogP contribution in [0.3, 0.4) is 0 Å². The van der Waals surface area contributed by atoms with Crippen LogP contribution in [0.4, 0.5) is 0 Å². The van der Waals surface area contributed by atoms with Crippen molar-refractivity contribution in [2.45, 2.75) is 6.42 Å². The van der Waals surface area contributed by atoms with Crippen molar-refractivity contribution >= 4 is 26.7 Å². The minimum absolute atomic E-state index is 0.363. The van der Waals surface area contributed by atoms with Crippen molar-refractivity contribution in [3.63, 3.8) is 0 Å². The lowest BCUT2D eigenvalue weighted by Crippen LogP contribution is -1.91. The van der Waals surface area contributed by atoms with Crippen LogP contribution in [-0.2, 0) is 6.42 Å². The fraction of sp³-hybridized carbons (Fsp3) is 0.0588. The Labute approximate surface area is 120 Å². The van der Waals surface area contributed by atoms with Gasteiger partial charge in [-0.05, 0) is 34.5 Å². The molecule has 1 nitrogen and oxygen atoms in total. The summed E-state index contributed by atoms with van der Waals surface area (Å²) in [6.45, 7) is 0. The quantitative estimate of drug-likeness (QED) is 0.713. The molecule has 3 aromatic carbocycles. The SMILES string of the molecule is Oc1ccc2ccccc2c1Cc1ccc(Br)cc1. The van der Waals surface area contributed by atoms with Crippen molar-refractivity contribution < 1.29 is 5.11 Å². The maximum Gasteiger partial charge on any atom is 0.119 e. The van der Waals surface area contributed by atoms with E-state index in [2.05, 4.69) is 40.2 Å². The van der Waals surface area contributed by atoms with Crippen molar-refractivity contribution in [2.75, 3.05) is 0 Å². The summed E-state index contributed by atoms with van der Waals surface area (Å²) in [7, 11) is 0. The number of phenols is 1. The van der Waals surface area contributed by atoms with Crippen molar-refractivity contribution in [3.05, 3.63) is 76.3 Å². The molecule has 0 amide bonds. The van der Waals surface area contributed by atoms with Gasteiger partial charge in [0.15, 0.2) is 0 Å². The van der Waals surface area contributed by atoms with Gasteiger partial charge in [0.2, 0.25) is 0 Å². The molecule has 0 aromatic heterocycles. The molecule has 1 N–H and O–H groups in total. The number of phenolic OH excluding ortho intramolecular Hbond substituents is 1. The highest BCUT2D eigenvalue weighted by Gasteiger charge is 2.07. The maximum absolute atomic E-state index is 10.1. The van der Waals surface area contributed by atoms with E-state index in [0.29, 0.717) is 5.75 Å². The summed E-state index contributed by atoms with van der Waals surface area (Å²) in [6.07, 6.45) is 0.737. The fourth-order valence-electron chi connectivity index (χ4n) is 2.32. The average molecular weight is 313 g/mol.